The lowest BCUT2D eigenvalue weighted by Crippen LogP contribution is -2.33. The second kappa shape index (κ2) is 6.60. The highest BCUT2D eigenvalue weighted by Gasteiger charge is 2.35. The summed E-state index contributed by atoms with van der Waals surface area (Å²) in [5.74, 6) is -0.530. The lowest BCUT2D eigenvalue weighted by atomic mass is 10.1. The van der Waals surface area contributed by atoms with Crippen LogP contribution in [0.4, 0.5) is 4.39 Å². The molecule has 0 N–H and O–H groups in total. The minimum absolute atomic E-state index is 0.105. The Labute approximate surface area is 161 Å². The number of carbonyl (C=O) groups is 1. The van der Waals surface area contributed by atoms with E-state index in [1.807, 2.05) is 20.9 Å². The van der Waals surface area contributed by atoms with E-state index in [-0.39, 0.29) is 18.5 Å². The summed E-state index contributed by atoms with van der Waals surface area (Å²) in [6.07, 6.45) is 1.83. The fraction of sp³-hybridized carbons (Fsp3) is 0.350. The van der Waals surface area contributed by atoms with Crippen LogP contribution in [0.1, 0.15) is 40.2 Å². The van der Waals surface area contributed by atoms with Gasteiger partial charge in [-0.05, 0) is 44.9 Å². The normalized spacial score (nSPS) is 14.0. The van der Waals surface area contributed by atoms with E-state index >= 15 is 0 Å². The van der Waals surface area contributed by atoms with Crippen molar-refractivity contribution in [2.24, 2.45) is 7.05 Å². The molecule has 0 radical (unpaired) electrons. The summed E-state index contributed by atoms with van der Waals surface area (Å²) >= 11 is 6.20. The van der Waals surface area contributed by atoms with Gasteiger partial charge in [0.15, 0.2) is 5.65 Å². The van der Waals surface area contributed by atoms with Crippen molar-refractivity contribution in [3.05, 3.63) is 57.6 Å². The Morgan fingerprint density at radius 2 is 2.11 bits per heavy atom. The van der Waals surface area contributed by atoms with Gasteiger partial charge in [-0.15, -0.1) is 0 Å². The van der Waals surface area contributed by atoms with Crippen LogP contribution in [0.15, 0.2) is 24.3 Å². The van der Waals surface area contributed by atoms with Crippen LogP contribution in [-0.2, 0) is 13.6 Å². The highest BCUT2D eigenvalue weighted by Crippen LogP contribution is 2.33. The van der Waals surface area contributed by atoms with Gasteiger partial charge in [0.2, 0.25) is 0 Å². The molecule has 2 heterocycles. The number of hydrogen-bond donors (Lipinski definition) is 0. The van der Waals surface area contributed by atoms with Crippen LogP contribution in [0.2, 0.25) is 5.02 Å². The molecule has 2 aromatic heterocycles. The van der Waals surface area contributed by atoms with Gasteiger partial charge in [-0.25, -0.2) is 9.37 Å². The molecule has 5 nitrogen and oxygen atoms in total. The van der Waals surface area contributed by atoms with Crippen LogP contribution in [0.25, 0.3) is 11.0 Å². The first kappa shape index (κ1) is 17.9. The molecule has 0 unspecified atom stereocenters. The number of fused-ring (bicyclic) bond motifs is 1. The van der Waals surface area contributed by atoms with E-state index in [0.29, 0.717) is 21.8 Å². The molecule has 1 aliphatic rings. The molecule has 0 atom stereocenters. The Morgan fingerprint density at radius 3 is 2.78 bits per heavy atom. The first-order chi connectivity index (χ1) is 12.9. The smallest absolute Gasteiger partial charge is 0.255 e. The first-order valence-electron chi connectivity index (χ1n) is 8.91. The number of aromatic nitrogens is 3. The van der Waals surface area contributed by atoms with Gasteiger partial charge in [-0.1, -0.05) is 17.7 Å². The fourth-order valence-electron chi connectivity index (χ4n) is 3.50. The number of aryl methyl sites for hydroxylation is 3. The van der Waals surface area contributed by atoms with Gasteiger partial charge in [0, 0.05) is 29.4 Å². The summed E-state index contributed by atoms with van der Waals surface area (Å²) in [5, 5.41) is 5.49. The summed E-state index contributed by atoms with van der Waals surface area (Å²) in [6.45, 7) is 3.87. The molecule has 0 aliphatic heterocycles. The van der Waals surface area contributed by atoms with Crippen LogP contribution < -0.4 is 0 Å². The Morgan fingerprint density at radius 1 is 1.37 bits per heavy atom. The molecule has 1 saturated carbocycles. The predicted octanol–water partition coefficient (Wildman–Crippen LogP) is 4.18. The molecule has 1 amide bonds. The molecule has 1 fully saturated rings. The van der Waals surface area contributed by atoms with Crippen molar-refractivity contribution in [3.8, 4) is 0 Å². The molecule has 4 rings (SSSR count). The van der Waals surface area contributed by atoms with E-state index in [2.05, 4.69) is 10.1 Å². The van der Waals surface area contributed by atoms with Gasteiger partial charge in [-0.3, -0.25) is 9.48 Å². The number of benzene rings is 1. The van der Waals surface area contributed by atoms with Crippen LogP contribution >= 0.6 is 11.6 Å². The second-order valence-corrected chi connectivity index (χ2v) is 7.49. The monoisotopic (exact) mass is 386 g/mol. The molecule has 140 valence electrons. The molecule has 3 aromatic rings. The molecule has 7 heteroatoms. The largest absolute Gasteiger partial charge is 0.331 e. The van der Waals surface area contributed by atoms with Gasteiger partial charge in [0.05, 0.1) is 23.2 Å². The summed E-state index contributed by atoms with van der Waals surface area (Å²) in [5.41, 5.74) is 3.08. The van der Waals surface area contributed by atoms with Crippen molar-refractivity contribution in [1.82, 2.24) is 19.7 Å². The maximum atomic E-state index is 14.3. The number of amides is 1. The maximum absolute atomic E-state index is 14.3. The molecular weight excluding hydrogens is 367 g/mol. The van der Waals surface area contributed by atoms with E-state index in [9.17, 15) is 9.18 Å². The molecule has 0 bridgehead atoms. The number of rotatable bonds is 4. The number of nitrogens with zero attached hydrogens (tertiary/aromatic N) is 4. The standard InChI is InChI=1S/C20H20ClFN4O/c1-11-9-14(18-12(2)24-25(3)19(18)23-11)20(27)26(13-7-8-13)10-15-16(21)5-4-6-17(15)22/h4-6,9,13H,7-8,10H2,1-3H3. The van der Waals surface area contributed by atoms with Crippen molar-refractivity contribution >= 4 is 28.5 Å². The SMILES string of the molecule is Cc1cc(C(=O)N(Cc2c(F)cccc2Cl)C2CC2)c2c(C)nn(C)c2n1. The Bertz CT molecular complexity index is 1040. The zero-order chi connectivity index (χ0) is 19.3. The van der Waals surface area contributed by atoms with Crippen LogP contribution in [0.5, 0.6) is 0 Å². The number of carbonyl (C=O) groups excluding carboxylic acids is 1. The Hall–Kier alpha value is -2.47. The van der Waals surface area contributed by atoms with Gasteiger partial charge in [-0.2, -0.15) is 5.10 Å². The molecule has 27 heavy (non-hydrogen) atoms. The lowest BCUT2D eigenvalue weighted by molar-refractivity contribution is 0.0730. The van der Waals surface area contributed by atoms with E-state index in [0.717, 1.165) is 29.6 Å². The third-order valence-electron chi connectivity index (χ3n) is 4.97. The zero-order valence-electron chi connectivity index (χ0n) is 15.5. The quantitative estimate of drug-likeness (QED) is 0.675. The maximum Gasteiger partial charge on any atom is 0.255 e. The van der Waals surface area contributed by atoms with Gasteiger partial charge in [0.25, 0.3) is 5.91 Å². The Balaban J connectivity index is 1.79. The highest BCUT2D eigenvalue weighted by atomic mass is 35.5. The van der Waals surface area contributed by atoms with Crippen molar-refractivity contribution in [1.29, 1.82) is 0 Å². The van der Waals surface area contributed by atoms with Crippen LogP contribution in [0, 0.1) is 19.7 Å². The topological polar surface area (TPSA) is 51.0 Å². The number of hydrogen-bond acceptors (Lipinski definition) is 3. The molecule has 1 aliphatic carbocycles. The number of halogens is 2. The lowest BCUT2D eigenvalue weighted by Gasteiger charge is -2.24. The van der Waals surface area contributed by atoms with E-state index in [1.54, 1.807) is 27.8 Å². The van der Waals surface area contributed by atoms with Crippen molar-refractivity contribution in [2.45, 2.75) is 39.3 Å². The van der Waals surface area contributed by atoms with Gasteiger partial charge < -0.3 is 4.90 Å². The van der Waals surface area contributed by atoms with Gasteiger partial charge in [0.1, 0.15) is 5.82 Å². The highest BCUT2D eigenvalue weighted by molar-refractivity contribution is 6.31. The summed E-state index contributed by atoms with van der Waals surface area (Å²) in [4.78, 5) is 19.7. The van der Waals surface area contributed by atoms with Crippen LogP contribution in [0.3, 0.4) is 0 Å². The first-order valence-corrected chi connectivity index (χ1v) is 9.29. The van der Waals surface area contributed by atoms with Crippen molar-refractivity contribution in [3.63, 3.8) is 0 Å². The van der Waals surface area contributed by atoms with Gasteiger partial charge >= 0.3 is 0 Å². The summed E-state index contributed by atoms with van der Waals surface area (Å²) in [7, 11) is 1.81. The third kappa shape index (κ3) is 3.18. The average molecular weight is 387 g/mol. The summed E-state index contributed by atoms with van der Waals surface area (Å²) < 4.78 is 16.0. The third-order valence-corrected chi connectivity index (χ3v) is 5.32. The second-order valence-electron chi connectivity index (χ2n) is 7.08. The number of pyridine rings is 1. The molecular formula is C20H20ClFN4O. The minimum atomic E-state index is -0.394. The Kier molecular flexibility index (Phi) is 4.38. The van der Waals surface area contributed by atoms with Crippen LogP contribution in [-0.4, -0.2) is 31.6 Å². The minimum Gasteiger partial charge on any atom is -0.331 e. The van der Waals surface area contributed by atoms with Crippen molar-refractivity contribution < 1.29 is 9.18 Å². The van der Waals surface area contributed by atoms with E-state index < -0.39 is 5.82 Å². The van der Waals surface area contributed by atoms with Crippen molar-refractivity contribution in [2.75, 3.05) is 0 Å². The fourth-order valence-corrected chi connectivity index (χ4v) is 3.72. The molecule has 1 aromatic carbocycles. The predicted molar refractivity (Wildman–Crippen MR) is 102 cm³/mol. The molecule has 0 saturated heterocycles. The molecule has 0 spiro atoms. The van der Waals surface area contributed by atoms with E-state index in [4.69, 9.17) is 11.6 Å². The average Bonchev–Trinajstić information content (AvgIpc) is 3.40. The summed E-state index contributed by atoms with van der Waals surface area (Å²) in [6, 6.07) is 6.48. The van der Waals surface area contributed by atoms with E-state index in [1.165, 1.54) is 6.07 Å². The zero-order valence-corrected chi connectivity index (χ0v) is 16.2.